The summed E-state index contributed by atoms with van der Waals surface area (Å²) in [6.45, 7) is 0. The fourth-order valence-corrected chi connectivity index (χ4v) is 4.65. The van der Waals surface area contributed by atoms with Crippen molar-refractivity contribution in [3.8, 4) is 0 Å². The van der Waals surface area contributed by atoms with Gasteiger partial charge in [0.1, 0.15) is 5.82 Å². The lowest BCUT2D eigenvalue weighted by atomic mass is 9.94. The average molecular weight is 427 g/mol. The third-order valence-corrected chi connectivity index (χ3v) is 6.36. The number of amides is 1. The lowest BCUT2D eigenvalue weighted by molar-refractivity contribution is 0.102. The second-order valence-corrected chi connectivity index (χ2v) is 8.87. The summed E-state index contributed by atoms with van der Waals surface area (Å²) in [6, 6.07) is 9.02. The lowest BCUT2D eigenvalue weighted by Crippen LogP contribution is -2.39. The van der Waals surface area contributed by atoms with E-state index in [4.69, 9.17) is 11.6 Å². The second kappa shape index (κ2) is 8.57. The molecule has 1 aliphatic carbocycles. The second-order valence-electron chi connectivity index (χ2n) is 6.75. The van der Waals surface area contributed by atoms with Crippen molar-refractivity contribution in [2.24, 2.45) is 0 Å². The van der Waals surface area contributed by atoms with Gasteiger partial charge in [-0.3, -0.25) is 4.79 Å². The van der Waals surface area contributed by atoms with Crippen LogP contribution in [0.3, 0.4) is 0 Å². The molecule has 28 heavy (non-hydrogen) atoms. The quantitative estimate of drug-likeness (QED) is 0.683. The van der Waals surface area contributed by atoms with E-state index in [0.717, 1.165) is 12.5 Å². The summed E-state index contributed by atoms with van der Waals surface area (Å²) in [6.07, 6.45) is 1.92. The SMILES string of the molecule is O=C(Nc1ccc(F)c(Cl)c1)c1cccc(S(=O)(=O)NC2CCCC(O)C2)c1. The van der Waals surface area contributed by atoms with Gasteiger partial charge in [-0.15, -0.1) is 0 Å². The highest BCUT2D eigenvalue weighted by Crippen LogP contribution is 2.22. The zero-order chi connectivity index (χ0) is 20.3. The van der Waals surface area contributed by atoms with Gasteiger partial charge < -0.3 is 10.4 Å². The largest absolute Gasteiger partial charge is 0.393 e. The van der Waals surface area contributed by atoms with Gasteiger partial charge in [0.05, 0.1) is 16.0 Å². The Labute approximate surface area is 167 Å². The van der Waals surface area contributed by atoms with Crippen LogP contribution in [0.4, 0.5) is 10.1 Å². The number of nitrogens with one attached hydrogen (secondary N) is 2. The monoisotopic (exact) mass is 426 g/mol. The summed E-state index contributed by atoms with van der Waals surface area (Å²) >= 11 is 5.70. The Kier molecular flexibility index (Phi) is 6.34. The normalized spacial score (nSPS) is 20.0. The zero-order valence-electron chi connectivity index (χ0n) is 14.9. The van der Waals surface area contributed by atoms with Crippen LogP contribution in [0.25, 0.3) is 0 Å². The summed E-state index contributed by atoms with van der Waals surface area (Å²) in [5.74, 6) is -1.15. The lowest BCUT2D eigenvalue weighted by Gasteiger charge is -2.26. The first kappa shape index (κ1) is 20.7. The number of carbonyl (C=O) groups excluding carboxylic acids is 1. The van der Waals surface area contributed by atoms with Crippen molar-refractivity contribution in [3.63, 3.8) is 0 Å². The highest BCUT2D eigenvalue weighted by molar-refractivity contribution is 7.89. The predicted molar refractivity (Wildman–Crippen MR) is 104 cm³/mol. The molecule has 1 amide bonds. The molecule has 0 aliphatic heterocycles. The Morgan fingerprint density at radius 3 is 2.68 bits per heavy atom. The first-order valence-electron chi connectivity index (χ1n) is 8.81. The van der Waals surface area contributed by atoms with Crippen LogP contribution in [0.15, 0.2) is 47.4 Å². The van der Waals surface area contributed by atoms with Crippen molar-refractivity contribution in [3.05, 3.63) is 58.9 Å². The number of rotatable bonds is 5. The highest BCUT2D eigenvalue weighted by atomic mass is 35.5. The van der Waals surface area contributed by atoms with Gasteiger partial charge in [-0.2, -0.15) is 0 Å². The third kappa shape index (κ3) is 5.08. The topological polar surface area (TPSA) is 95.5 Å². The molecule has 0 radical (unpaired) electrons. The van der Waals surface area contributed by atoms with Gasteiger partial charge in [0.15, 0.2) is 0 Å². The Balaban J connectivity index is 1.75. The Morgan fingerprint density at radius 1 is 1.18 bits per heavy atom. The highest BCUT2D eigenvalue weighted by Gasteiger charge is 2.26. The van der Waals surface area contributed by atoms with E-state index in [0.29, 0.717) is 24.9 Å². The Morgan fingerprint density at radius 2 is 1.96 bits per heavy atom. The number of benzene rings is 2. The Bertz CT molecular complexity index is 984. The first-order chi connectivity index (χ1) is 13.2. The molecule has 1 saturated carbocycles. The van der Waals surface area contributed by atoms with E-state index >= 15 is 0 Å². The minimum atomic E-state index is -3.84. The van der Waals surface area contributed by atoms with Gasteiger partial charge in [0.25, 0.3) is 5.91 Å². The number of sulfonamides is 1. The number of hydrogen-bond acceptors (Lipinski definition) is 4. The minimum Gasteiger partial charge on any atom is -0.393 e. The molecule has 0 spiro atoms. The van der Waals surface area contributed by atoms with Crippen LogP contribution in [0, 0.1) is 5.82 Å². The maximum Gasteiger partial charge on any atom is 0.255 e. The number of halogens is 2. The van der Waals surface area contributed by atoms with E-state index in [1.807, 2.05) is 0 Å². The van der Waals surface area contributed by atoms with E-state index in [-0.39, 0.29) is 21.5 Å². The van der Waals surface area contributed by atoms with E-state index < -0.39 is 27.9 Å². The molecule has 0 bridgehead atoms. The number of hydrogen-bond donors (Lipinski definition) is 3. The van der Waals surface area contributed by atoms with Crippen LogP contribution in [0.5, 0.6) is 0 Å². The molecule has 3 rings (SSSR count). The third-order valence-electron chi connectivity index (χ3n) is 4.55. The maximum atomic E-state index is 13.2. The van der Waals surface area contributed by atoms with Crippen molar-refractivity contribution < 1.29 is 22.7 Å². The van der Waals surface area contributed by atoms with Crippen LogP contribution >= 0.6 is 11.6 Å². The molecule has 3 N–H and O–H groups in total. The fraction of sp³-hybridized carbons (Fsp3) is 0.316. The molecular weight excluding hydrogens is 407 g/mol. The molecule has 150 valence electrons. The van der Waals surface area contributed by atoms with Gasteiger partial charge in [-0.25, -0.2) is 17.5 Å². The van der Waals surface area contributed by atoms with E-state index in [1.54, 1.807) is 0 Å². The standard InChI is InChI=1S/C19H20ClFN2O4S/c20-17-11-13(7-8-18(17)21)22-19(25)12-3-1-6-16(9-12)28(26,27)23-14-4-2-5-15(24)10-14/h1,3,6-9,11,14-15,23-24H,2,4-5,10H2,(H,22,25). The fourth-order valence-electron chi connectivity index (χ4n) is 3.14. The van der Waals surface area contributed by atoms with Crippen molar-refractivity contribution in [1.29, 1.82) is 0 Å². The van der Waals surface area contributed by atoms with Gasteiger partial charge in [-0.1, -0.05) is 17.7 Å². The van der Waals surface area contributed by atoms with Gasteiger partial charge >= 0.3 is 0 Å². The van der Waals surface area contributed by atoms with Crippen LogP contribution in [-0.4, -0.2) is 31.6 Å². The molecule has 9 heteroatoms. The van der Waals surface area contributed by atoms with Crippen LogP contribution in [-0.2, 0) is 10.0 Å². The molecule has 2 aromatic rings. The van der Waals surface area contributed by atoms with Crippen LogP contribution < -0.4 is 10.0 Å². The first-order valence-corrected chi connectivity index (χ1v) is 10.7. The van der Waals surface area contributed by atoms with Gasteiger partial charge in [0.2, 0.25) is 10.0 Å². The molecule has 0 saturated heterocycles. The van der Waals surface area contributed by atoms with E-state index in [2.05, 4.69) is 10.0 Å². The smallest absolute Gasteiger partial charge is 0.255 e. The number of carbonyl (C=O) groups is 1. The molecule has 6 nitrogen and oxygen atoms in total. The molecule has 0 aromatic heterocycles. The molecule has 2 atom stereocenters. The number of anilines is 1. The summed E-state index contributed by atoms with van der Waals surface area (Å²) < 4.78 is 41.1. The number of aliphatic hydroxyl groups excluding tert-OH is 1. The van der Waals surface area contributed by atoms with Crippen LogP contribution in [0.2, 0.25) is 5.02 Å². The predicted octanol–water partition coefficient (Wildman–Crippen LogP) is 3.31. The average Bonchev–Trinajstić information content (AvgIpc) is 2.64. The molecule has 1 aliphatic rings. The van der Waals surface area contributed by atoms with Crippen molar-refractivity contribution in [2.75, 3.05) is 5.32 Å². The zero-order valence-corrected chi connectivity index (χ0v) is 16.4. The molecule has 1 fully saturated rings. The van der Waals surface area contributed by atoms with Gasteiger partial charge in [0, 0.05) is 17.3 Å². The van der Waals surface area contributed by atoms with E-state index in [9.17, 15) is 22.7 Å². The number of aliphatic hydroxyl groups is 1. The molecule has 0 heterocycles. The molecular formula is C19H20ClFN2O4S. The molecule has 2 aromatic carbocycles. The summed E-state index contributed by atoms with van der Waals surface area (Å²) in [5, 5.41) is 12.1. The van der Waals surface area contributed by atoms with Gasteiger partial charge in [-0.05, 0) is 62.1 Å². The minimum absolute atomic E-state index is 0.0441. The van der Waals surface area contributed by atoms with Crippen molar-refractivity contribution in [2.45, 2.75) is 42.7 Å². The van der Waals surface area contributed by atoms with Crippen molar-refractivity contribution in [1.82, 2.24) is 4.72 Å². The molecule has 2 unspecified atom stereocenters. The van der Waals surface area contributed by atoms with Crippen LogP contribution in [0.1, 0.15) is 36.0 Å². The van der Waals surface area contributed by atoms with Crippen molar-refractivity contribution >= 4 is 33.2 Å². The summed E-state index contributed by atoms with van der Waals surface area (Å²) in [7, 11) is -3.84. The summed E-state index contributed by atoms with van der Waals surface area (Å²) in [4.78, 5) is 12.4. The Hall–Kier alpha value is -2.00. The van der Waals surface area contributed by atoms with E-state index in [1.165, 1.54) is 36.4 Å². The maximum absolute atomic E-state index is 13.2. The summed E-state index contributed by atoms with van der Waals surface area (Å²) in [5.41, 5.74) is 0.422.